The monoisotopic (exact) mass is 224 g/mol. The van der Waals surface area contributed by atoms with Crippen molar-refractivity contribution in [2.75, 3.05) is 5.73 Å². The molecule has 1 aromatic rings. The maximum Gasteiger partial charge on any atom is 0.222 e. The van der Waals surface area contributed by atoms with Crippen molar-refractivity contribution in [1.29, 1.82) is 0 Å². The predicted molar refractivity (Wildman–Crippen MR) is 67.3 cm³/mol. The molecule has 0 radical (unpaired) electrons. The lowest BCUT2D eigenvalue weighted by Crippen LogP contribution is -2.02. The summed E-state index contributed by atoms with van der Waals surface area (Å²) in [5.41, 5.74) is 6.60. The molecule has 0 aliphatic carbocycles. The average molecular weight is 224 g/mol. The lowest BCUT2D eigenvalue weighted by Gasteiger charge is -2.15. The molecule has 0 spiro atoms. The van der Waals surface area contributed by atoms with Crippen molar-refractivity contribution in [2.24, 2.45) is 5.92 Å². The molecule has 1 rings (SSSR count). The summed E-state index contributed by atoms with van der Waals surface area (Å²) in [7, 11) is 0. The van der Waals surface area contributed by atoms with Crippen molar-refractivity contribution < 1.29 is 4.52 Å². The molecule has 2 atom stereocenters. The lowest BCUT2D eigenvalue weighted by atomic mass is 9.90. The summed E-state index contributed by atoms with van der Waals surface area (Å²) in [5.74, 6) is 1.74. The van der Waals surface area contributed by atoms with E-state index < -0.39 is 0 Å². The molecule has 2 N–H and O–H groups in total. The van der Waals surface area contributed by atoms with Gasteiger partial charge < -0.3 is 10.3 Å². The van der Waals surface area contributed by atoms with E-state index in [0.717, 1.165) is 11.6 Å². The van der Waals surface area contributed by atoms with E-state index in [0.29, 0.717) is 11.8 Å². The molecule has 0 aromatic carbocycles. The molecule has 92 valence electrons. The SMILES string of the molecule is CCCC(CC[C@H](C)CC)c1cc(N)on1. The Kier molecular flexibility index (Phi) is 5.36. The van der Waals surface area contributed by atoms with Gasteiger partial charge in [0.2, 0.25) is 5.88 Å². The molecule has 0 aliphatic rings. The molecule has 0 amide bonds. The highest BCUT2D eigenvalue weighted by Crippen LogP contribution is 2.28. The van der Waals surface area contributed by atoms with Gasteiger partial charge in [0.15, 0.2) is 0 Å². The fourth-order valence-corrected chi connectivity index (χ4v) is 1.97. The zero-order valence-corrected chi connectivity index (χ0v) is 10.7. The average Bonchev–Trinajstić information content (AvgIpc) is 2.70. The molecule has 3 nitrogen and oxygen atoms in total. The Morgan fingerprint density at radius 1 is 1.31 bits per heavy atom. The first-order valence-corrected chi connectivity index (χ1v) is 6.39. The smallest absolute Gasteiger partial charge is 0.222 e. The van der Waals surface area contributed by atoms with Crippen LogP contribution in [0.3, 0.4) is 0 Å². The minimum absolute atomic E-state index is 0.430. The number of hydrogen-bond donors (Lipinski definition) is 1. The van der Waals surface area contributed by atoms with Crippen LogP contribution in [-0.2, 0) is 0 Å². The van der Waals surface area contributed by atoms with E-state index in [1.807, 2.05) is 6.07 Å². The maximum atomic E-state index is 5.57. The van der Waals surface area contributed by atoms with Gasteiger partial charge in [0.25, 0.3) is 0 Å². The fraction of sp³-hybridized carbons (Fsp3) is 0.769. The largest absolute Gasteiger partial charge is 0.368 e. The summed E-state index contributed by atoms with van der Waals surface area (Å²) in [6, 6.07) is 1.87. The van der Waals surface area contributed by atoms with Crippen molar-refractivity contribution >= 4 is 5.88 Å². The van der Waals surface area contributed by atoms with Crippen LogP contribution in [0.4, 0.5) is 5.88 Å². The van der Waals surface area contributed by atoms with Gasteiger partial charge in [0.1, 0.15) is 0 Å². The molecule has 3 heteroatoms. The molecule has 1 heterocycles. The van der Waals surface area contributed by atoms with Gasteiger partial charge in [-0.2, -0.15) is 0 Å². The Morgan fingerprint density at radius 3 is 2.56 bits per heavy atom. The molecule has 0 saturated carbocycles. The lowest BCUT2D eigenvalue weighted by molar-refractivity contribution is 0.396. The van der Waals surface area contributed by atoms with Gasteiger partial charge in [-0.15, -0.1) is 0 Å². The van der Waals surface area contributed by atoms with Crippen molar-refractivity contribution in [3.05, 3.63) is 11.8 Å². The first kappa shape index (κ1) is 13.1. The van der Waals surface area contributed by atoms with E-state index in [1.54, 1.807) is 0 Å². The van der Waals surface area contributed by atoms with Crippen LogP contribution in [0.25, 0.3) is 0 Å². The number of rotatable bonds is 7. The second-order valence-corrected chi connectivity index (χ2v) is 4.73. The van der Waals surface area contributed by atoms with Gasteiger partial charge in [-0.1, -0.05) is 45.2 Å². The first-order valence-electron chi connectivity index (χ1n) is 6.39. The first-order chi connectivity index (χ1) is 7.67. The number of hydrogen-bond acceptors (Lipinski definition) is 3. The van der Waals surface area contributed by atoms with Gasteiger partial charge in [-0.25, -0.2) is 0 Å². The van der Waals surface area contributed by atoms with Crippen LogP contribution in [0.5, 0.6) is 0 Å². The van der Waals surface area contributed by atoms with Crippen LogP contribution in [0.2, 0.25) is 0 Å². The van der Waals surface area contributed by atoms with Crippen molar-refractivity contribution in [3.8, 4) is 0 Å². The molecule has 0 aliphatic heterocycles. The number of nitrogens with two attached hydrogens (primary N) is 1. The Bertz CT molecular complexity index is 296. The molecule has 1 unspecified atom stereocenters. The van der Waals surface area contributed by atoms with Gasteiger partial charge in [0.05, 0.1) is 5.69 Å². The number of anilines is 1. The van der Waals surface area contributed by atoms with Gasteiger partial charge in [-0.3, -0.25) is 0 Å². The quantitative estimate of drug-likeness (QED) is 0.762. The fourth-order valence-electron chi connectivity index (χ4n) is 1.97. The Morgan fingerprint density at radius 2 is 2.06 bits per heavy atom. The zero-order chi connectivity index (χ0) is 12.0. The molecule has 0 saturated heterocycles. The minimum Gasteiger partial charge on any atom is -0.368 e. The number of nitrogens with zero attached hydrogens (tertiary/aromatic N) is 1. The second kappa shape index (κ2) is 6.56. The van der Waals surface area contributed by atoms with E-state index in [2.05, 4.69) is 25.9 Å². The van der Waals surface area contributed by atoms with E-state index in [9.17, 15) is 0 Å². The topological polar surface area (TPSA) is 52.0 Å². The number of nitrogen functional groups attached to an aromatic ring is 1. The van der Waals surface area contributed by atoms with Crippen LogP contribution in [0.1, 0.15) is 64.5 Å². The predicted octanol–water partition coefficient (Wildman–Crippen LogP) is 3.97. The standard InChI is InChI=1S/C13H24N2O/c1-4-6-11(8-7-10(3)5-2)12-9-13(14)16-15-12/h9-11H,4-8,14H2,1-3H3/t10-,11?/m1/s1. The third-order valence-electron chi connectivity index (χ3n) is 3.31. The highest BCUT2D eigenvalue weighted by atomic mass is 16.5. The molecular formula is C13H24N2O. The summed E-state index contributed by atoms with van der Waals surface area (Å²) in [5, 5.41) is 4.04. The zero-order valence-electron chi connectivity index (χ0n) is 10.7. The molecule has 16 heavy (non-hydrogen) atoms. The molecule has 0 fully saturated rings. The van der Waals surface area contributed by atoms with Gasteiger partial charge in [-0.05, 0) is 18.8 Å². The molecule has 0 bridgehead atoms. The molecular weight excluding hydrogens is 200 g/mol. The van der Waals surface area contributed by atoms with E-state index in [4.69, 9.17) is 10.3 Å². The second-order valence-electron chi connectivity index (χ2n) is 4.73. The third-order valence-corrected chi connectivity index (χ3v) is 3.31. The van der Waals surface area contributed by atoms with Crippen molar-refractivity contribution in [1.82, 2.24) is 5.16 Å². The van der Waals surface area contributed by atoms with Crippen LogP contribution < -0.4 is 5.73 Å². The highest BCUT2D eigenvalue weighted by Gasteiger charge is 2.16. The minimum atomic E-state index is 0.430. The van der Waals surface area contributed by atoms with E-state index in [1.165, 1.54) is 32.1 Å². The summed E-state index contributed by atoms with van der Waals surface area (Å²) in [6.45, 7) is 6.76. The maximum absolute atomic E-state index is 5.57. The summed E-state index contributed by atoms with van der Waals surface area (Å²) in [4.78, 5) is 0. The van der Waals surface area contributed by atoms with E-state index in [-0.39, 0.29) is 0 Å². The van der Waals surface area contributed by atoms with Crippen molar-refractivity contribution in [3.63, 3.8) is 0 Å². The number of aromatic nitrogens is 1. The molecule has 1 aromatic heterocycles. The normalized spacial score (nSPS) is 14.9. The van der Waals surface area contributed by atoms with Crippen LogP contribution >= 0.6 is 0 Å². The van der Waals surface area contributed by atoms with Crippen LogP contribution in [0.15, 0.2) is 10.6 Å². The van der Waals surface area contributed by atoms with Crippen LogP contribution in [0, 0.1) is 5.92 Å². The van der Waals surface area contributed by atoms with Gasteiger partial charge >= 0.3 is 0 Å². The summed E-state index contributed by atoms with van der Waals surface area (Å²) >= 11 is 0. The Hall–Kier alpha value is -0.990. The Balaban J connectivity index is 2.53. The Labute approximate surface area is 98.4 Å². The highest BCUT2D eigenvalue weighted by molar-refractivity contribution is 5.26. The summed E-state index contributed by atoms with van der Waals surface area (Å²) in [6.07, 6.45) is 6.04. The van der Waals surface area contributed by atoms with E-state index >= 15 is 0 Å². The third kappa shape index (κ3) is 3.87. The van der Waals surface area contributed by atoms with Crippen molar-refractivity contribution in [2.45, 2.75) is 58.8 Å². The van der Waals surface area contributed by atoms with Gasteiger partial charge in [0, 0.05) is 12.0 Å². The van der Waals surface area contributed by atoms with Crippen LogP contribution in [-0.4, -0.2) is 5.16 Å². The summed E-state index contributed by atoms with van der Waals surface area (Å²) < 4.78 is 4.95.